The number of fused-ring (bicyclic) bond motifs is 1. The molecule has 0 heterocycles. The van der Waals surface area contributed by atoms with Crippen LogP contribution in [0.5, 0.6) is 5.75 Å². The minimum absolute atomic E-state index is 0.0581. The van der Waals surface area contributed by atoms with E-state index in [0.29, 0.717) is 5.75 Å². The highest BCUT2D eigenvalue weighted by molar-refractivity contribution is 9.11. The monoisotopic (exact) mass is 438 g/mol. The number of benzene rings is 2. The first-order valence-electron chi connectivity index (χ1n) is 7.48. The third-order valence-corrected chi connectivity index (χ3v) is 5.07. The number of carbonyl (C=O) groups is 1. The van der Waals surface area contributed by atoms with Crippen LogP contribution in [0.15, 0.2) is 44.4 Å². The lowest BCUT2D eigenvalue weighted by atomic mass is 10.1. The van der Waals surface area contributed by atoms with E-state index in [2.05, 4.69) is 42.4 Å². The number of ether oxygens (including phenoxy) is 1. The van der Waals surface area contributed by atoms with E-state index in [1.54, 1.807) is 0 Å². The van der Waals surface area contributed by atoms with Gasteiger partial charge in [0.05, 0.1) is 4.47 Å². The lowest BCUT2D eigenvalue weighted by molar-refractivity contribution is -0.123. The van der Waals surface area contributed by atoms with Crippen LogP contribution in [0.2, 0.25) is 0 Å². The van der Waals surface area contributed by atoms with Crippen molar-refractivity contribution in [2.75, 3.05) is 6.61 Å². The molecule has 120 valence electrons. The molecule has 1 saturated carbocycles. The SMILES string of the molecule is O=C(COc1ccc2cc(Br)ccc2c1Br)NN=C1CCCC1. The van der Waals surface area contributed by atoms with Crippen LogP contribution in [0.3, 0.4) is 0 Å². The quantitative estimate of drug-likeness (QED) is 0.696. The topological polar surface area (TPSA) is 50.7 Å². The number of halogens is 2. The Bertz CT molecular complexity index is 767. The fraction of sp³-hybridized carbons (Fsp3) is 0.294. The first-order chi connectivity index (χ1) is 11.1. The van der Waals surface area contributed by atoms with E-state index in [1.165, 1.54) is 0 Å². The Morgan fingerprint density at radius 3 is 2.74 bits per heavy atom. The summed E-state index contributed by atoms with van der Waals surface area (Å²) in [6.45, 7) is -0.0581. The summed E-state index contributed by atoms with van der Waals surface area (Å²) in [5, 5.41) is 6.27. The smallest absolute Gasteiger partial charge is 0.277 e. The number of hydrazone groups is 1. The Kier molecular flexibility index (Phi) is 5.33. The Morgan fingerprint density at radius 2 is 1.96 bits per heavy atom. The van der Waals surface area contributed by atoms with Gasteiger partial charge in [0.1, 0.15) is 5.75 Å². The molecule has 4 nitrogen and oxygen atoms in total. The molecule has 2 aromatic rings. The second-order valence-electron chi connectivity index (χ2n) is 5.45. The van der Waals surface area contributed by atoms with Gasteiger partial charge >= 0.3 is 0 Å². The highest BCUT2D eigenvalue weighted by Gasteiger charge is 2.11. The van der Waals surface area contributed by atoms with Gasteiger partial charge < -0.3 is 4.74 Å². The Hall–Kier alpha value is -1.40. The fourth-order valence-electron chi connectivity index (χ4n) is 2.57. The van der Waals surface area contributed by atoms with Crippen molar-refractivity contribution in [3.8, 4) is 5.75 Å². The molecular weight excluding hydrogens is 424 g/mol. The molecule has 6 heteroatoms. The average molecular weight is 440 g/mol. The summed E-state index contributed by atoms with van der Waals surface area (Å²) in [5.74, 6) is 0.399. The molecule has 0 saturated heterocycles. The molecule has 3 rings (SSSR count). The van der Waals surface area contributed by atoms with Crippen LogP contribution in [0, 0.1) is 0 Å². The Balaban J connectivity index is 1.64. The van der Waals surface area contributed by atoms with Crippen molar-refractivity contribution < 1.29 is 9.53 Å². The molecule has 23 heavy (non-hydrogen) atoms. The molecule has 0 atom stereocenters. The van der Waals surface area contributed by atoms with Crippen LogP contribution in [-0.2, 0) is 4.79 Å². The van der Waals surface area contributed by atoms with Gasteiger partial charge in [-0.05, 0) is 70.6 Å². The van der Waals surface area contributed by atoms with E-state index in [-0.39, 0.29) is 12.5 Å². The minimum Gasteiger partial charge on any atom is -0.483 e. The van der Waals surface area contributed by atoms with Gasteiger partial charge in [-0.25, -0.2) is 5.43 Å². The summed E-state index contributed by atoms with van der Waals surface area (Å²) < 4.78 is 7.48. The summed E-state index contributed by atoms with van der Waals surface area (Å²) in [7, 11) is 0. The van der Waals surface area contributed by atoms with Crippen molar-refractivity contribution >= 4 is 54.3 Å². The van der Waals surface area contributed by atoms with Crippen molar-refractivity contribution in [1.82, 2.24) is 5.43 Å². The van der Waals surface area contributed by atoms with Gasteiger partial charge in [0.2, 0.25) is 0 Å². The Labute approximate surface area is 151 Å². The van der Waals surface area contributed by atoms with Gasteiger partial charge in [-0.15, -0.1) is 0 Å². The van der Waals surface area contributed by atoms with Crippen LogP contribution in [-0.4, -0.2) is 18.2 Å². The molecule has 0 bridgehead atoms. The van der Waals surface area contributed by atoms with Crippen molar-refractivity contribution in [2.24, 2.45) is 5.10 Å². The van der Waals surface area contributed by atoms with Gasteiger partial charge in [-0.1, -0.05) is 28.1 Å². The van der Waals surface area contributed by atoms with Crippen LogP contribution < -0.4 is 10.2 Å². The third kappa shape index (κ3) is 4.12. The van der Waals surface area contributed by atoms with E-state index >= 15 is 0 Å². The summed E-state index contributed by atoms with van der Waals surface area (Å²) in [5.41, 5.74) is 3.63. The molecule has 1 amide bonds. The third-order valence-electron chi connectivity index (χ3n) is 3.76. The normalized spacial score (nSPS) is 14.1. The standard InChI is InChI=1S/C17H16Br2N2O2/c18-12-6-7-14-11(9-12)5-8-15(17(14)19)23-10-16(22)21-20-13-3-1-2-4-13/h5-9H,1-4,10H2,(H,21,22). The molecular formula is C17H16Br2N2O2. The maximum absolute atomic E-state index is 11.8. The number of amides is 1. The molecule has 1 N–H and O–H groups in total. The lowest BCUT2D eigenvalue weighted by Gasteiger charge is -2.10. The zero-order valence-electron chi connectivity index (χ0n) is 12.4. The molecule has 0 spiro atoms. The highest BCUT2D eigenvalue weighted by atomic mass is 79.9. The maximum atomic E-state index is 11.8. The van der Waals surface area contributed by atoms with E-state index in [9.17, 15) is 4.79 Å². The predicted molar refractivity (Wildman–Crippen MR) is 98.9 cm³/mol. The number of nitrogens with zero attached hydrogens (tertiary/aromatic N) is 1. The first kappa shape index (κ1) is 16.5. The van der Waals surface area contributed by atoms with E-state index < -0.39 is 0 Å². The molecule has 1 aliphatic rings. The molecule has 0 unspecified atom stereocenters. The van der Waals surface area contributed by atoms with Crippen LogP contribution in [0.1, 0.15) is 25.7 Å². The fourth-order valence-corrected chi connectivity index (χ4v) is 3.55. The lowest BCUT2D eigenvalue weighted by Crippen LogP contribution is -2.25. The minimum atomic E-state index is -0.243. The number of carbonyl (C=O) groups excluding carboxylic acids is 1. The van der Waals surface area contributed by atoms with Gasteiger partial charge in [0.25, 0.3) is 5.91 Å². The second kappa shape index (κ2) is 7.45. The molecule has 0 radical (unpaired) electrons. The number of nitrogens with one attached hydrogen (secondary N) is 1. The summed E-state index contributed by atoms with van der Waals surface area (Å²) in [6, 6.07) is 9.84. The number of hydrogen-bond donors (Lipinski definition) is 1. The largest absolute Gasteiger partial charge is 0.483 e. The van der Waals surface area contributed by atoms with Crippen molar-refractivity contribution in [3.05, 3.63) is 39.3 Å². The van der Waals surface area contributed by atoms with E-state index in [4.69, 9.17) is 4.74 Å². The zero-order valence-corrected chi connectivity index (χ0v) is 15.6. The van der Waals surface area contributed by atoms with Crippen LogP contribution >= 0.6 is 31.9 Å². The summed E-state index contributed by atoms with van der Waals surface area (Å²) in [6.07, 6.45) is 4.27. The predicted octanol–water partition coefficient (Wildman–Crippen LogP) is 4.79. The first-order valence-corrected chi connectivity index (χ1v) is 9.07. The van der Waals surface area contributed by atoms with E-state index in [0.717, 1.165) is 51.1 Å². The van der Waals surface area contributed by atoms with Crippen molar-refractivity contribution in [1.29, 1.82) is 0 Å². The Morgan fingerprint density at radius 1 is 1.17 bits per heavy atom. The number of rotatable bonds is 4. The van der Waals surface area contributed by atoms with Crippen molar-refractivity contribution in [2.45, 2.75) is 25.7 Å². The highest BCUT2D eigenvalue weighted by Crippen LogP contribution is 2.34. The molecule has 0 aromatic heterocycles. The van der Waals surface area contributed by atoms with Crippen LogP contribution in [0.4, 0.5) is 0 Å². The molecule has 1 aliphatic carbocycles. The molecule has 1 fully saturated rings. The number of hydrogen-bond acceptors (Lipinski definition) is 3. The zero-order chi connectivity index (χ0) is 16.2. The van der Waals surface area contributed by atoms with Gasteiger partial charge in [0, 0.05) is 10.2 Å². The van der Waals surface area contributed by atoms with E-state index in [1.807, 2.05) is 30.3 Å². The molecule has 2 aromatic carbocycles. The summed E-state index contributed by atoms with van der Waals surface area (Å²) in [4.78, 5) is 11.8. The maximum Gasteiger partial charge on any atom is 0.277 e. The van der Waals surface area contributed by atoms with Gasteiger partial charge in [-0.2, -0.15) is 5.10 Å². The van der Waals surface area contributed by atoms with Gasteiger partial charge in [0.15, 0.2) is 6.61 Å². The summed E-state index contributed by atoms with van der Waals surface area (Å²) >= 11 is 7.01. The molecule has 0 aliphatic heterocycles. The van der Waals surface area contributed by atoms with Crippen molar-refractivity contribution in [3.63, 3.8) is 0 Å². The second-order valence-corrected chi connectivity index (χ2v) is 7.16. The van der Waals surface area contributed by atoms with Gasteiger partial charge in [-0.3, -0.25) is 4.79 Å². The van der Waals surface area contributed by atoms with Crippen LogP contribution in [0.25, 0.3) is 10.8 Å². The average Bonchev–Trinajstić information content (AvgIpc) is 3.05.